The minimum atomic E-state index is -0.0684. The quantitative estimate of drug-likeness (QED) is 0.300. The van der Waals surface area contributed by atoms with E-state index in [9.17, 15) is 5.26 Å². The summed E-state index contributed by atoms with van der Waals surface area (Å²) < 4.78 is 2.09. The van der Waals surface area contributed by atoms with Gasteiger partial charge in [0, 0.05) is 11.1 Å². The molecule has 3 aromatic carbocycles. The molecule has 0 fully saturated rings. The van der Waals surface area contributed by atoms with Gasteiger partial charge in [0.1, 0.15) is 17.6 Å². The zero-order valence-electron chi connectivity index (χ0n) is 22.2. The van der Waals surface area contributed by atoms with Gasteiger partial charge in [0.15, 0.2) is 5.69 Å². The fourth-order valence-corrected chi connectivity index (χ4v) is 4.99. The molecular weight excluding hydrogens is 426 g/mol. The fourth-order valence-electron chi connectivity index (χ4n) is 4.99. The lowest BCUT2D eigenvalue weighted by Gasteiger charge is -2.32. The number of benzene rings is 3. The van der Waals surface area contributed by atoms with Gasteiger partial charge >= 0.3 is 0 Å². The Kier molecular flexibility index (Phi) is 6.43. The van der Waals surface area contributed by atoms with Gasteiger partial charge in [-0.05, 0) is 61.8 Å². The second-order valence-electron chi connectivity index (χ2n) is 10.6. The predicted octanol–water partition coefficient (Wildman–Crippen LogP) is 8.25. The molecule has 0 spiro atoms. The van der Waals surface area contributed by atoms with E-state index in [-0.39, 0.29) is 5.41 Å². The van der Waals surface area contributed by atoms with E-state index in [0.29, 0.717) is 11.6 Å². The van der Waals surface area contributed by atoms with Crippen LogP contribution in [0, 0.1) is 44.9 Å². The predicted molar refractivity (Wildman–Crippen MR) is 146 cm³/mol. The Hall–Kier alpha value is -3.64. The highest BCUT2D eigenvalue weighted by Crippen LogP contribution is 2.41. The molecule has 0 saturated heterocycles. The molecule has 35 heavy (non-hydrogen) atoms. The molecule has 0 aliphatic rings. The normalized spacial score (nSPS) is 11.7. The van der Waals surface area contributed by atoms with Gasteiger partial charge in [-0.25, -0.2) is 4.98 Å². The van der Waals surface area contributed by atoms with E-state index in [4.69, 9.17) is 4.98 Å². The highest BCUT2D eigenvalue weighted by molar-refractivity contribution is 5.76. The van der Waals surface area contributed by atoms with Crippen molar-refractivity contribution in [1.82, 2.24) is 9.55 Å². The smallest absolute Gasteiger partial charge is 0.153 e. The van der Waals surface area contributed by atoms with Gasteiger partial charge < -0.3 is 0 Å². The van der Waals surface area contributed by atoms with E-state index in [0.717, 1.165) is 45.0 Å². The van der Waals surface area contributed by atoms with Crippen LogP contribution in [0.15, 0.2) is 60.7 Å². The topological polar surface area (TPSA) is 41.6 Å². The van der Waals surface area contributed by atoms with Crippen molar-refractivity contribution in [2.75, 3.05) is 0 Å². The second kappa shape index (κ2) is 9.19. The summed E-state index contributed by atoms with van der Waals surface area (Å²) in [4.78, 5) is 5.22. The average molecular weight is 462 g/mol. The van der Waals surface area contributed by atoms with E-state index >= 15 is 0 Å². The summed E-state index contributed by atoms with van der Waals surface area (Å²) in [5.41, 5.74) is 10.2. The molecule has 4 aromatic rings. The molecule has 0 N–H and O–H groups in total. The Balaban J connectivity index is 2.16. The molecule has 3 nitrogen and oxygen atoms in total. The molecule has 0 bridgehead atoms. The van der Waals surface area contributed by atoms with Gasteiger partial charge in [0.2, 0.25) is 0 Å². The molecule has 0 amide bonds. The highest BCUT2D eigenvalue weighted by Gasteiger charge is 2.31. The van der Waals surface area contributed by atoms with Gasteiger partial charge in [-0.1, -0.05) is 93.4 Å². The SMILES string of the molecule is Cc1cccc(-c2nc(-c3ccccc3C(C)(C)C(C)C)n(-c3c(C)cc(C)cc3C)c2C#N)c1. The van der Waals surface area contributed by atoms with E-state index in [1.807, 2.05) is 12.1 Å². The van der Waals surface area contributed by atoms with Crippen molar-refractivity contribution in [2.45, 2.75) is 60.8 Å². The maximum atomic E-state index is 10.5. The first-order valence-corrected chi connectivity index (χ1v) is 12.3. The van der Waals surface area contributed by atoms with Crippen molar-refractivity contribution in [3.63, 3.8) is 0 Å². The first-order chi connectivity index (χ1) is 16.6. The van der Waals surface area contributed by atoms with Crippen LogP contribution in [-0.2, 0) is 5.41 Å². The van der Waals surface area contributed by atoms with Crippen LogP contribution in [0.1, 0.15) is 61.2 Å². The summed E-state index contributed by atoms with van der Waals surface area (Å²) in [5.74, 6) is 1.25. The molecule has 0 atom stereocenters. The van der Waals surface area contributed by atoms with Crippen LogP contribution in [0.5, 0.6) is 0 Å². The number of aromatic nitrogens is 2. The Bertz CT molecular complexity index is 1420. The van der Waals surface area contributed by atoms with Crippen molar-refractivity contribution in [1.29, 1.82) is 5.26 Å². The van der Waals surface area contributed by atoms with Gasteiger partial charge in [-0.15, -0.1) is 0 Å². The van der Waals surface area contributed by atoms with E-state index in [1.165, 1.54) is 11.1 Å². The Morgan fingerprint density at radius 1 is 0.857 bits per heavy atom. The average Bonchev–Trinajstić information content (AvgIpc) is 3.17. The standard InChI is InChI=1S/C32H35N3/c1-20(2)32(7,8)27-15-10-9-14-26(27)31-34-29(25-13-11-12-21(3)18-25)28(19-33)35(31)30-23(5)16-22(4)17-24(30)6/h9-18,20H,1-8H3. The molecule has 0 saturated carbocycles. The third-order valence-electron chi connectivity index (χ3n) is 7.44. The molecule has 3 heteroatoms. The summed E-state index contributed by atoms with van der Waals surface area (Å²) in [6.07, 6.45) is 0. The number of nitriles is 1. The van der Waals surface area contributed by atoms with Crippen LogP contribution in [-0.4, -0.2) is 9.55 Å². The van der Waals surface area contributed by atoms with Crippen LogP contribution in [0.25, 0.3) is 28.3 Å². The van der Waals surface area contributed by atoms with Crippen molar-refractivity contribution in [2.24, 2.45) is 5.92 Å². The van der Waals surface area contributed by atoms with Gasteiger partial charge in [0.05, 0.1) is 5.69 Å². The van der Waals surface area contributed by atoms with E-state index in [2.05, 4.69) is 115 Å². The number of imidazole rings is 1. The summed E-state index contributed by atoms with van der Waals surface area (Å²) >= 11 is 0. The zero-order valence-corrected chi connectivity index (χ0v) is 22.2. The molecule has 4 rings (SSSR count). The van der Waals surface area contributed by atoms with Crippen molar-refractivity contribution >= 4 is 0 Å². The fraction of sp³-hybridized carbons (Fsp3) is 0.312. The monoisotopic (exact) mass is 461 g/mol. The molecule has 0 unspecified atom stereocenters. The molecule has 1 aromatic heterocycles. The summed E-state index contributed by atoms with van der Waals surface area (Å²) in [7, 11) is 0. The second-order valence-corrected chi connectivity index (χ2v) is 10.6. The summed E-state index contributed by atoms with van der Waals surface area (Å²) in [5, 5.41) is 10.5. The summed E-state index contributed by atoms with van der Waals surface area (Å²) in [6.45, 7) is 17.5. The van der Waals surface area contributed by atoms with Gasteiger partial charge in [-0.2, -0.15) is 5.26 Å². The first kappa shape index (κ1) is 24.5. The van der Waals surface area contributed by atoms with Gasteiger partial charge in [0.25, 0.3) is 0 Å². The molecule has 0 radical (unpaired) electrons. The minimum absolute atomic E-state index is 0.0684. The number of hydrogen-bond donors (Lipinski definition) is 0. The lowest BCUT2D eigenvalue weighted by Crippen LogP contribution is -2.25. The lowest BCUT2D eigenvalue weighted by atomic mass is 9.73. The minimum Gasteiger partial charge on any atom is -0.283 e. The number of hydrogen-bond acceptors (Lipinski definition) is 2. The lowest BCUT2D eigenvalue weighted by molar-refractivity contribution is 0.373. The molecule has 178 valence electrons. The van der Waals surface area contributed by atoms with Crippen LogP contribution in [0.3, 0.4) is 0 Å². The third kappa shape index (κ3) is 4.30. The van der Waals surface area contributed by atoms with Crippen molar-refractivity contribution < 1.29 is 0 Å². The van der Waals surface area contributed by atoms with E-state index < -0.39 is 0 Å². The molecule has 0 aliphatic carbocycles. The number of nitrogens with zero attached hydrogens (tertiary/aromatic N) is 3. The van der Waals surface area contributed by atoms with Crippen LogP contribution in [0.4, 0.5) is 0 Å². The largest absolute Gasteiger partial charge is 0.283 e. The van der Waals surface area contributed by atoms with Gasteiger partial charge in [-0.3, -0.25) is 4.57 Å². The number of rotatable bonds is 5. The Morgan fingerprint density at radius 3 is 2.11 bits per heavy atom. The Labute approximate surface area is 210 Å². The van der Waals surface area contributed by atoms with Crippen LogP contribution < -0.4 is 0 Å². The maximum absolute atomic E-state index is 10.5. The zero-order chi connectivity index (χ0) is 25.5. The van der Waals surface area contributed by atoms with Crippen LogP contribution in [0.2, 0.25) is 0 Å². The third-order valence-corrected chi connectivity index (χ3v) is 7.44. The Morgan fingerprint density at radius 2 is 1.51 bits per heavy atom. The molecular formula is C32H35N3. The van der Waals surface area contributed by atoms with Crippen LogP contribution >= 0.6 is 0 Å². The maximum Gasteiger partial charge on any atom is 0.153 e. The summed E-state index contributed by atoms with van der Waals surface area (Å²) in [6, 6.07) is 23.7. The highest BCUT2D eigenvalue weighted by atomic mass is 15.1. The van der Waals surface area contributed by atoms with Crippen molar-refractivity contribution in [3.05, 3.63) is 94.2 Å². The molecule has 0 aliphatic heterocycles. The number of aryl methyl sites for hydroxylation is 4. The van der Waals surface area contributed by atoms with Crippen molar-refractivity contribution in [3.8, 4) is 34.4 Å². The first-order valence-electron chi connectivity index (χ1n) is 12.3. The molecule has 1 heterocycles. The van der Waals surface area contributed by atoms with E-state index in [1.54, 1.807) is 0 Å².